The summed E-state index contributed by atoms with van der Waals surface area (Å²) in [6, 6.07) is 4.04. The first-order chi connectivity index (χ1) is 13.5. The Kier molecular flexibility index (Phi) is 6.74. The van der Waals surface area contributed by atoms with Gasteiger partial charge in [0.2, 0.25) is 11.8 Å². The maximum atomic E-state index is 12.5. The number of nitrogens with one attached hydrogen (secondary N) is 1. The average Bonchev–Trinajstić information content (AvgIpc) is 2.69. The molecule has 154 valence electrons. The molecule has 2 saturated heterocycles. The number of aryl methyl sites for hydroxylation is 1. The van der Waals surface area contributed by atoms with Gasteiger partial charge in [0.05, 0.1) is 27.3 Å². The van der Waals surface area contributed by atoms with E-state index in [1.807, 2.05) is 21.9 Å². The number of hydrogen-bond donors (Lipinski definition) is 1. The Morgan fingerprint density at radius 3 is 2.36 bits per heavy atom. The van der Waals surface area contributed by atoms with Crippen LogP contribution in [0.5, 0.6) is 11.5 Å². The van der Waals surface area contributed by atoms with E-state index in [9.17, 15) is 9.59 Å². The molecule has 28 heavy (non-hydrogen) atoms. The van der Waals surface area contributed by atoms with E-state index in [2.05, 4.69) is 17.1 Å². The van der Waals surface area contributed by atoms with E-state index in [1.165, 1.54) is 11.1 Å². The van der Waals surface area contributed by atoms with Gasteiger partial charge in [-0.1, -0.05) is 0 Å². The number of carbonyl (C=O) groups is 2. The summed E-state index contributed by atoms with van der Waals surface area (Å²) < 4.78 is 10.8. The maximum absolute atomic E-state index is 12.5. The number of ether oxygens (including phenoxy) is 2. The highest BCUT2D eigenvalue weighted by molar-refractivity contribution is 5.82. The second-order valence-electron chi connectivity index (χ2n) is 7.35. The third-order valence-corrected chi connectivity index (χ3v) is 5.44. The summed E-state index contributed by atoms with van der Waals surface area (Å²) in [5.41, 5.74) is 2.37. The average molecular weight is 390 g/mol. The molecular formula is C20H30N4O4. The maximum Gasteiger partial charge on any atom is 0.236 e. The molecule has 2 amide bonds. The fraction of sp³-hybridized carbons (Fsp3) is 0.600. The zero-order chi connectivity index (χ0) is 20.1. The molecule has 2 aliphatic rings. The Hall–Kier alpha value is -2.32. The Labute approximate surface area is 166 Å². The minimum Gasteiger partial charge on any atom is -0.493 e. The molecule has 1 aromatic rings. The van der Waals surface area contributed by atoms with Crippen molar-refractivity contribution >= 4 is 11.8 Å². The minimum atomic E-state index is -0.00541. The summed E-state index contributed by atoms with van der Waals surface area (Å²) in [6.45, 7) is 7.97. The first kappa shape index (κ1) is 20.4. The van der Waals surface area contributed by atoms with Gasteiger partial charge < -0.3 is 19.7 Å². The van der Waals surface area contributed by atoms with Crippen molar-refractivity contribution in [2.45, 2.75) is 13.5 Å². The molecule has 0 atom stereocenters. The lowest BCUT2D eigenvalue weighted by molar-refractivity contribution is -0.135. The van der Waals surface area contributed by atoms with Gasteiger partial charge >= 0.3 is 0 Å². The molecule has 0 saturated carbocycles. The van der Waals surface area contributed by atoms with Crippen LogP contribution in [0.25, 0.3) is 0 Å². The van der Waals surface area contributed by atoms with Gasteiger partial charge in [-0.15, -0.1) is 0 Å². The van der Waals surface area contributed by atoms with E-state index in [4.69, 9.17) is 9.47 Å². The van der Waals surface area contributed by atoms with Crippen molar-refractivity contribution in [2.75, 3.05) is 66.6 Å². The Morgan fingerprint density at radius 2 is 1.71 bits per heavy atom. The molecule has 2 heterocycles. The zero-order valence-corrected chi connectivity index (χ0v) is 17.0. The lowest BCUT2D eigenvalue weighted by Crippen LogP contribution is -2.54. The quantitative estimate of drug-likeness (QED) is 0.742. The van der Waals surface area contributed by atoms with Crippen molar-refractivity contribution in [1.82, 2.24) is 20.0 Å². The summed E-state index contributed by atoms with van der Waals surface area (Å²) >= 11 is 0. The molecule has 1 aromatic carbocycles. The molecule has 0 bridgehead atoms. The van der Waals surface area contributed by atoms with E-state index >= 15 is 0 Å². The third kappa shape index (κ3) is 4.94. The van der Waals surface area contributed by atoms with Gasteiger partial charge in [-0.05, 0) is 30.2 Å². The van der Waals surface area contributed by atoms with Crippen molar-refractivity contribution in [3.8, 4) is 11.5 Å². The molecule has 0 aromatic heterocycles. The van der Waals surface area contributed by atoms with Crippen LogP contribution in [0.1, 0.15) is 11.1 Å². The summed E-state index contributed by atoms with van der Waals surface area (Å²) in [4.78, 5) is 30.2. The molecule has 1 N–H and O–H groups in total. The molecule has 2 aliphatic heterocycles. The highest BCUT2D eigenvalue weighted by atomic mass is 16.5. The van der Waals surface area contributed by atoms with Crippen LogP contribution in [-0.2, 0) is 16.1 Å². The summed E-state index contributed by atoms with van der Waals surface area (Å²) in [7, 11) is 3.29. The number of carbonyl (C=O) groups excluding carboxylic acids is 2. The largest absolute Gasteiger partial charge is 0.493 e. The van der Waals surface area contributed by atoms with Crippen LogP contribution in [0.2, 0.25) is 0 Å². The second kappa shape index (κ2) is 9.25. The molecule has 0 spiro atoms. The standard InChI is InChI=1S/C20H30N4O4/c1-15-10-17(27-2)18(28-3)11-16(15)12-22-6-8-24(9-7-22)20(26)14-23-5-4-21-19(25)13-23/h10-11H,4-9,12-14H2,1-3H3,(H,21,25). The van der Waals surface area contributed by atoms with Crippen molar-refractivity contribution in [1.29, 1.82) is 0 Å². The van der Waals surface area contributed by atoms with Gasteiger partial charge in [-0.3, -0.25) is 19.4 Å². The van der Waals surface area contributed by atoms with Crippen LogP contribution in [-0.4, -0.2) is 93.1 Å². The number of rotatable bonds is 6. The van der Waals surface area contributed by atoms with Crippen LogP contribution < -0.4 is 14.8 Å². The molecule has 3 rings (SSSR count). The molecule has 0 radical (unpaired) electrons. The first-order valence-electron chi connectivity index (χ1n) is 9.71. The van der Waals surface area contributed by atoms with Crippen LogP contribution >= 0.6 is 0 Å². The topological polar surface area (TPSA) is 74.4 Å². The Bertz CT molecular complexity index is 716. The normalized spacial score (nSPS) is 18.7. The zero-order valence-electron chi connectivity index (χ0n) is 17.0. The first-order valence-corrected chi connectivity index (χ1v) is 9.71. The van der Waals surface area contributed by atoms with Gasteiger partial charge in [0.25, 0.3) is 0 Å². The van der Waals surface area contributed by atoms with Gasteiger partial charge in [0.1, 0.15) is 0 Å². The lowest BCUT2D eigenvalue weighted by atomic mass is 10.1. The van der Waals surface area contributed by atoms with Crippen molar-refractivity contribution in [3.05, 3.63) is 23.3 Å². The highest BCUT2D eigenvalue weighted by Gasteiger charge is 2.25. The molecule has 0 unspecified atom stereocenters. The summed E-state index contributed by atoms with van der Waals surface area (Å²) in [5.74, 6) is 1.58. The minimum absolute atomic E-state index is 0.00541. The second-order valence-corrected chi connectivity index (χ2v) is 7.35. The molecule has 0 aliphatic carbocycles. The molecular weight excluding hydrogens is 360 g/mol. The van der Waals surface area contributed by atoms with Gasteiger partial charge in [0.15, 0.2) is 11.5 Å². The van der Waals surface area contributed by atoms with Crippen LogP contribution in [0.4, 0.5) is 0 Å². The van der Waals surface area contributed by atoms with E-state index in [-0.39, 0.29) is 11.8 Å². The highest BCUT2D eigenvalue weighted by Crippen LogP contribution is 2.30. The summed E-state index contributed by atoms with van der Waals surface area (Å²) in [6.07, 6.45) is 0. The number of amides is 2. The fourth-order valence-electron chi connectivity index (χ4n) is 3.71. The van der Waals surface area contributed by atoms with Crippen LogP contribution in [0.15, 0.2) is 12.1 Å². The van der Waals surface area contributed by atoms with Crippen LogP contribution in [0.3, 0.4) is 0 Å². The predicted molar refractivity (Wildman–Crippen MR) is 106 cm³/mol. The Balaban J connectivity index is 1.51. The van der Waals surface area contributed by atoms with Gasteiger partial charge in [-0.2, -0.15) is 0 Å². The molecule has 8 nitrogen and oxygen atoms in total. The fourth-order valence-corrected chi connectivity index (χ4v) is 3.71. The van der Waals surface area contributed by atoms with E-state index in [0.717, 1.165) is 37.7 Å². The lowest BCUT2D eigenvalue weighted by Gasteiger charge is -2.36. The number of benzene rings is 1. The van der Waals surface area contributed by atoms with Crippen molar-refractivity contribution in [3.63, 3.8) is 0 Å². The smallest absolute Gasteiger partial charge is 0.236 e. The molecule has 2 fully saturated rings. The van der Waals surface area contributed by atoms with Crippen molar-refractivity contribution < 1.29 is 19.1 Å². The van der Waals surface area contributed by atoms with Gasteiger partial charge in [-0.25, -0.2) is 0 Å². The number of hydrogen-bond acceptors (Lipinski definition) is 6. The van der Waals surface area contributed by atoms with E-state index in [1.54, 1.807) is 14.2 Å². The summed E-state index contributed by atoms with van der Waals surface area (Å²) in [5, 5.41) is 2.78. The van der Waals surface area contributed by atoms with E-state index < -0.39 is 0 Å². The predicted octanol–water partition coefficient (Wildman–Crippen LogP) is 0.0882. The van der Waals surface area contributed by atoms with Crippen LogP contribution in [0, 0.1) is 6.92 Å². The van der Waals surface area contributed by atoms with E-state index in [0.29, 0.717) is 32.7 Å². The number of methoxy groups -OCH3 is 2. The van der Waals surface area contributed by atoms with Gasteiger partial charge in [0, 0.05) is 45.8 Å². The number of nitrogens with zero attached hydrogens (tertiary/aromatic N) is 3. The third-order valence-electron chi connectivity index (χ3n) is 5.44. The monoisotopic (exact) mass is 390 g/mol. The van der Waals surface area contributed by atoms with Crippen molar-refractivity contribution in [2.24, 2.45) is 0 Å². The molecule has 8 heteroatoms. The number of piperazine rings is 2. The Morgan fingerprint density at radius 1 is 1.04 bits per heavy atom. The SMILES string of the molecule is COc1cc(C)c(CN2CCN(C(=O)CN3CCNC(=O)C3)CC2)cc1OC.